The first-order chi connectivity index (χ1) is 11.9. The van der Waals surface area contributed by atoms with Gasteiger partial charge in [0.25, 0.3) is 0 Å². The van der Waals surface area contributed by atoms with Crippen LogP contribution in [-0.4, -0.2) is 0 Å². The van der Waals surface area contributed by atoms with E-state index < -0.39 is 0 Å². The maximum absolute atomic E-state index is 3.91. The molecule has 0 bridgehead atoms. The maximum Gasteiger partial charge on any atom is 1.00 e. The van der Waals surface area contributed by atoms with Crippen molar-refractivity contribution in [1.29, 1.82) is 0 Å². The van der Waals surface area contributed by atoms with Crippen molar-refractivity contribution >= 4 is 0 Å². The smallest absolute Gasteiger partial charge is 0.343 e. The maximum atomic E-state index is 3.91. The molecule has 0 radical (unpaired) electrons. The van der Waals surface area contributed by atoms with Gasteiger partial charge in [0.1, 0.15) is 0 Å². The second-order valence-corrected chi connectivity index (χ2v) is 7.92. The zero-order valence-corrected chi connectivity index (χ0v) is 20.3. The number of rotatable bonds is 21. The molecule has 0 aromatic carbocycles. The summed E-state index contributed by atoms with van der Waals surface area (Å²) in [7, 11) is 0. The van der Waals surface area contributed by atoms with Crippen LogP contribution in [0.25, 0.3) is 0 Å². The van der Waals surface area contributed by atoms with E-state index in [-0.39, 0.29) is 29.6 Å². The van der Waals surface area contributed by atoms with E-state index in [2.05, 4.69) is 13.8 Å². The van der Waals surface area contributed by atoms with Crippen molar-refractivity contribution in [3.05, 3.63) is 6.92 Å². The molecule has 0 fully saturated rings. The van der Waals surface area contributed by atoms with Gasteiger partial charge in [0, 0.05) is 0 Å². The van der Waals surface area contributed by atoms with E-state index in [0.29, 0.717) is 0 Å². The normalized spacial score (nSPS) is 10.8. The van der Waals surface area contributed by atoms with Crippen LogP contribution in [0.3, 0.4) is 0 Å². The van der Waals surface area contributed by atoms with Crippen LogP contribution in [0.5, 0.6) is 0 Å². The van der Waals surface area contributed by atoms with Gasteiger partial charge in [-0.25, -0.2) is 0 Å². The third-order valence-electron chi connectivity index (χ3n) is 5.35. The minimum atomic E-state index is 0. The van der Waals surface area contributed by atoms with E-state index >= 15 is 0 Å². The monoisotopic (exact) mass is 360 g/mol. The molecule has 0 aliphatic heterocycles. The number of hydrogen-bond acceptors (Lipinski definition) is 0. The molecule has 0 aromatic rings. The summed E-state index contributed by atoms with van der Waals surface area (Å²) in [5, 5.41) is 0. The Morgan fingerprint density at radius 2 is 0.560 bits per heavy atom. The van der Waals surface area contributed by atoms with Crippen LogP contribution >= 0.6 is 0 Å². The molecule has 0 saturated carbocycles. The van der Waals surface area contributed by atoms with Gasteiger partial charge in [0.05, 0.1) is 0 Å². The molecule has 0 aromatic heterocycles. The van der Waals surface area contributed by atoms with Gasteiger partial charge >= 0.3 is 29.6 Å². The quantitative estimate of drug-likeness (QED) is 0.126. The van der Waals surface area contributed by atoms with E-state index in [9.17, 15) is 0 Å². The van der Waals surface area contributed by atoms with E-state index in [0.717, 1.165) is 6.42 Å². The molecular weight excluding hydrogens is 311 g/mol. The minimum Gasteiger partial charge on any atom is -0.343 e. The Bertz CT molecular complexity index is 180. The van der Waals surface area contributed by atoms with Gasteiger partial charge in [-0.15, -0.1) is 0 Å². The van der Waals surface area contributed by atoms with Crippen molar-refractivity contribution in [2.45, 2.75) is 148 Å². The summed E-state index contributed by atoms with van der Waals surface area (Å²) in [4.78, 5) is 0. The molecule has 0 heterocycles. The predicted molar refractivity (Wildman–Crippen MR) is 113 cm³/mol. The molecular formula is C24H49Na. The molecule has 0 rings (SSSR count). The molecule has 0 spiro atoms. The molecule has 0 N–H and O–H groups in total. The van der Waals surface area contributed by atoms with Crippen molar-refractivity contribution in [2.75, 3.05) is 0 Å². The fourth-order valence-electron chi connectivity index (χ4n) is 3.61. The summed E-state index contributed by atoms with van der Waals surface area (Å²) in [5.74, 6) is 0. The summed E-state index contributed by atoms with van der Waals surface area (Å²) < 4.78 is 0. The Morgan fingerprint density at radius 1 is 0.360 bits per heavy atom. The van der Waals surface area contributed by atoms with Gasteiger partial charge in [-0.1, -0.05) is 142 Å². The van der Waals surface area contributed by atoms with Gasteiger partial charge < -0.3 is 6.92 Å². The molecule has 0 amide bonds. The minimum absolute atomic E-state index is 0. The van der Waals surface area contributed by atoms with Crippen molar-refractivity contribution in [3.8, 4) is 0 Å². The summed E-state index contributed by atoms with van der Waals surface area (Å²) in [5.41, 5.74) is 0. The van der Waals surface area contributed by atoms with Crippen LogP contribution in [0.15, 0.2) is 0 Å². The first-order valence-electron chi connectivity index (χ1n) is 11.7. The Labute approximate surface area is 184 Å². The third-order valence-corrected chi connectivity index (χ3v) is 5.35. The second-order valence-electron chi connectivity index (χ2n) is 7.92. The number of hydrogen-bond donors (Lipinski definition) is 0. The molecule has 0 unspecified atom stereocenters. The Morgan fingerprint density at radius 3 is 0.760 bits per heavy atom. The van der Waals surface area contributed by atoms with Crippen LogP contribution in [0.2, 0.25) is 0 Å². The van der Waals surface area contributed by atoms with E-state index in [1.54, 1.807) is 0 Å². The van der Waals surface area contributed by atoms with Crippen LogP contribution in [-0.2, 0) is 0 Å². The summed E-state index contributed by atoms with van der Waals surface area (Å²) in [6.07, 6.45) is 31.8. The molecule has 146 valence electrons. The Balaban J connectivity index is 0. The molecule has 0 aliphatic carbocycles. The summed E-state index contributed by atoms with van der Waals surface area (Å²) in [6, 6.07) is 0. The SMILES string of the molecule is [CH2-]CCCCCCCCCCCCCCCCCCCCCCC.[Na+]. The van der Waals surface area contributed by atoms with Gasteiger partial charge in [-0.2, -0.15) is 6.42 Å². The largest absolute Gasteiger partial charge is 1.00 e. The zero-order valence-electron chi connectivity index (χ0n) is 18.3. The molecule has 0 aliphatic rings. The Hall–Kier alpha value is 1.00. The molecule has 0 saturated heterocycles. The molecule has 0 nitrogen and oxygen atoms in total. The van der Waals surface area contributed by atoms with Crippen LogP contribution in [0.4, 0.5) is 0 Å². The first kappa shape index (κ1) is 28.2. The van der Waals surface area contributed by atoms with E-state index in [1.807, 2.05) is 0 Å². The van der Waals surface area contributed by atoms with Crippen molar-refractivity contribution in [2.24, 2.45) is 0 Å². The van der Waals surface area contributed by atoms with Crippen molar-refractivity contribution < 1.29 is 29.6 Å². The van der Waals surface area contributed by atoms with Gasteiger partial charge in [-0.05, 0) is 0 Å². The van der Waals surface area contributed by atoms with Gasteiger partial charge in [-0.3, -0.25) is 0 Å². The standard InChI is InChI=1S/C24H49.Na/c1-3-5-7-9-11-13-15-17-19-21-23-24-22-20-18-16-14-12-10-8-6-4-2;/h1,3-24H2,2H3;/q-1;+1. The average Bonchev–Trinajstić information content (AvgIpc) is 2.60. The molecule has 0 atom stereocenters. The fraction of sp³-hybridized carbons (Fsp3) is 0.958. The van der Waals surface area contributed by atoms with E-state index in [4.69, 9.17) is 0 Å². The Kier molecular flexibility index (Phi) is 30.7. The fourth-order valence-corrected chi connectivity index (χ4v) is 3.61. The summed E-state index contributed by atoms with van der Waals surface area (Å²) in [6.45, 7) is 6.20. The molecule has 25 heavy (non-hydrogen) atoms. The predicted octanol–water partition coefficient (Wildman–Crippen LogP) is 6.43. The third kappa shape index (κ3) is 27.3. The number of unbranched alkanes of at least 4 members (excludes halogenated alkanes) is 21. The topological polar surface area (TPSA) is 0 Å². The van der Waals surface area contributed by atoms with Crippen LogP contribution < -0.4 is 29.6 Å². The van der Waals surface area contributed by atoms with Gasteiger partial charge in [0.2, 0.25) is 0 Å². The van der Waals surface area contributed by atoms with Gasteiger partial charge in [0.15, 0.2) is 0 Å². The first-order valence-corrected chi connectivity index (χ1v) is 11.7. The second kappa shape index (κ2) is 27.2. The van der Waals surface area contributed by atoms with Crippen molar-refractivity contribution in [3.63, 3.8) is 0 Å². The van der Waals surface area contributed by atoms with Crippen LogP contribution in [0.1, 0.15) is 148 Å². The van der Waals surface area contributed by atoms with E-state index in [1.165, 1.54) is 135 Å². The van der Waals surface area contributed by atoms with Crippen LogP contribution in [0, 0.1) is 6.92 Å². The molecule has 1 heteroatoms. The summed E-state index contributed by atoms with van der Waals surface area (Å²) >= 11 is 0. The zero-order chi connectivity index (χ0) is 17.6. The average molecular weight is 361 g/mol. The van der Waals surface area contributed by atoms with Crippen molar-refractivity contribution in [1.82, 2.24) is 0 Å².